The van der Waals surface area contributed by atoms with Crippen molar-refractivity contribution in [1.82, 2.24) is 4.90 Å². The van der Waals surface area contributed by atoms with Crippen molar-refractivity contribution in [1.29, 1.82) is 0 Å². The predicted octanol–water partition coefficient (Wildman–Crippen LogP) is 5.36. The Balaban J connectivity index is 1.70. The quantitative estimate of drug-likeness (QED) is 0.589. The number of carbonyl (C=O) groups excluding carboxylic acids is 1. The van der Waals surface area contributed by atoms with Crippen molar-refractivity contribution in [2.45, 2.75) is 44.4 Å². The van der Waals surface area contributed by atoms with E-state index in [1.807, 2.05) is 0 Å². The molecule has 1 fully saturated rings. The largest absolute Gasteiger partial charge is 0.493 e. The summed E-state index contributed by atoms with van der Waals surface area (Å²) in [6, 6.07) is 10.6. The fourth-order valence-corrected chi connectivity index (χ4v) is 3.68. The molecule has 1 unspecified atom stereocenters. The highest BCUT2D eigenvalue weighted by atomic mass is 19.4. The first-order valence-corrected chi connectivity index (χ1v) is 10.0. The van der Waals surface area contributed by atoms with Crippen LogP contribution in [-0.4, -0.2) is 43.3 Å². The van der Waals surface area contributed by atoms with E-state index < -0.39 is 12.3 Å². The lowest BCUT2D eigenvalue weighted by Gasteiger charge is -2.40. The molecule has 1 atom stereocenters. The van der Waals surface area contributed by atoms with Crippen LogP contribution in [0, 0.1) is 5.82 Å². The van der Waals surface area contributed by atoms with Gasteiger partial charge < -0.3 is 14.4 Å². The number of rotatable bonds is 5. The van der Waals surface area contributed by atoms with Gasteiger partial charge in [-0.25, -0.2) is 4.39 Å². The van der Waals surface area contributed by atoms with Gasteiger partial charge >= 0.3 is 6.18 Å². The van der Waals surface area contributed by atoms with Gasteiger partial charge in [-0.15, -0.1) is 0 Å². The number of piperidine rings is 1. The zero-order chi connectivity index (χ0) is 22.8. The van der Waals surface area contributed by atoms with Crippen LogP contribution in [0.1, 0.15) is 42.6 Å². The molecule has 4 nitrogen and oxygen atoms in total. The summed E-state index contributed by atoms with van der Waals surface area (Å²) in [5.74, 6) is -0.526. The number of carbonyl (C=O) groups is 1. The van der Waals surface area contributed by atoms with Crippen molar-refractivity contribution in [3.63, 3.8) is 0 Å². The van der Waals surface area contributed by atoms with Gasteiger partial charge in [0.15, 0.2) is 17.6 Å². The number of likely N-dealkylation sites (tertiary alicyclic amines) is 1. The summed E-state index contributed by atoms with van der Waals surface area (Å²) < 4.78 is 61.7. The van der Waals surface area contributed by atoms with E-state index in [9.17, 15) is 22.4 Å². The smallest absolute Gasteiger partial charge is 0.425 e. The molecule has 0 N–H and O–H groups in total. The summed E-state index contributed by atoms with van der Waals surface area (Å²) in [5.41, 5.74) is 1.19. The Hall–Kier alpha value is -2.77. The molecule has 168 valence electrons. The van der Waals surface area contributed by atoms with Crippen LogP contribution < -0.4 is 9.47 Å². The second-order valence-electron chi connectivity index (χ2n) is 8.03. The predicted molar refractivity (Wildman–Crippen MR) is 108 cm³/mol. The number of methoxy groups -OCH3 is 1. The van der Waals surface area contributed by atoms with Crippen LogP contribution >= 0.6 is 0 Å². The van der Waals surface area contributed by atoms with Gasteiger partial charge in [0.2, 0.25) is 0 Å². The Morgan fingerprint density at radius 3 is 2.23 bits per heavy atom. The zero-order valence-corrected chi connectivity index (χ0v) is 17.6. The van der Waals surface area contributed by atoms with Crippen LogP contribution in [0.3, 0.4) is 0 Å². The van der Waals surface area contributed by atoms with E-state index in [0.717, 1.165) is 12.5 Å². The Morgan fingerprint density at radius 1 is 1.06 bits per heavy atom. The summed E-state index contributed by atoms with van der Waals surface area (Å²) in [6.07, 6.45) is -5.09. The van der Waals surface area contributed by atoms with Crippen LogP contribution in [0.25, 0.3) is 0 Å². The van der Waals surface area contributed by atoms with Crippen molar-refractivity contribution in [2.24, 2.45) is 0 Å². The molecule has 31 heavy (non-hydrogen) atoms. The molecule has 0 bridgehead atoms. The van der Waals surface area contributed by atoms with Gasteiger partial charge in [0.1, 0.15) is 5.82 Å². The van der Waals surface area contributed by atoms with Gasteiger partial charge in [0.25, 0.3) is 5.91 Å². The number of ether oxygens (including phenoxy) is 2. The van der Waals surface area contributed by atoms with Crippen molar-refractivity contribution in [2.75, 3.05) is 20.2 Å². The molecule has 0 spiro atoms. The zero-order valence-electron chi connectivity index (χ0n) is 17.6. The fraction of sp³-hybridized carbons (Fsp3) is 0.435. The lowest BCUT2D eigenvalue weighted by molar-refractivity contribution is -0.189. The first-order chi connectivity index (χ1) is 14.5. The van der Waals surface area contributed by atoms with Gasteiger partial charge in [-0.2, -0.15) is 13.2 Å². The van der Waals surface area contributed by atoms with Gasteiger partial charge in [0, 0.05) is 18.7 Å². The molecule has 0 aliphatic carbocycles. The van der Waals surface area contributed by atoms with E-state index in [2.05, 4.69) is 6.92 Å². The maximum Gasteiger partial charge on any atom is 0.425 e. The van der Waals surface area contributed by atoms with Gasteiger partial charge in [0.05, 0.1) is 7.11 Å². The highest BCUT2D eigenvalue weighted by molar-refractivity contribution is 5.95. The fourth-order valence-electron chi connectivity index (χ4n) is 3.68. The average Bonchev–Trinajstić information content (AvgIpc) is 2.73. The maximum atomic E-state index is 13.2. The highest BCUT2D eigenvalue weighted by Crippen LogP contribution is 2.36. The molecule has 1 saturated heterocycles. The van der Waals surface area contributed by atoms with E-state index in [0.29, 0.717) is 31.5 Å². The van der Waals surface area contributed by atoms with Crippen LogP contribution in [0.15, 0.2) is 42.5 Å². The molecule has 2 aromatic rings. The Bertz CT molecular complexity index is 919. The van der Waals surface area contributed by atoms with E-state index in [4.69, 9.17) is 9.47 Å². The molecule has 3 rings (SSSR count). The third-order valence-electron chi connectivity index (χ3n) is 5.87. The van der Waals surface area contributed by atoms with E-state index in [1.165, 1.54) is 37.4 Å². The second-order valence-corrected chi connectivity index (χ2v) is 8.03. The van der Waals surface area contributed by atoms with Crippen LogP contribution in [0.5, 0.6) is 11.5 Å². The minimum Gasteiger partial charge on any atom is -0.493 e. The normalized spacial score (nSPS) is 17.2. The van der Waals surface area contributed by atoms with E-state index in [-0.39, 0.29) is 28.6 Å². The average molecular weight is 439 g/mol. The van der Waals surface area contributed by atoms with Crippen LogP contribution in [-0.2, 0) is 5.41 Å². The minimum absolute atomic E-state index is 0.0649. The molecule has 1 aliphatic rings. The number of alkyl halides is 3. The summed E-state index contributed by atoms with van der Waals surface area (Å²) in [7, 11) is 1.31. The molecule has 1 amide bonds. The van der Waals surface area contributed by atoms with Gasteiger partial charge in [-0.05, 0) is 61.1 Å². The Morgan fingerprint density at radius 2 is 1.68 bits per heavy atom. The van der Waals surface area contributed by atoms with Crippen molar-refractivity contribution >= 4 is 5.91 Å². The first kappa shape index (κ1) is 22.9. The molecular formula is C23H25F4NO3. The van der Waals surface area contributed by atoms with Gasteiger partial charge in [-0.3, -0.25) is 4.79 Å². The van der Waals surface area contributed by atoms with Crippen molar-refractivity contribution < 1.29 is 31.8 Å². The van der Waals surface area contributed by atoms with E-state index >= 15 is 0 Å². The molecule has 0 aromatic heterocycles. The van der Waals surface area contributed by atoms with E-state index in [1.54, 1.807) is 17.0 Å². The topological polar surface area (TPSA) is 38.8 Å². The number of nitrogens with zero attached hydrogens (tertiary/aromatic N) is 1. The lowest BCUT2D eigenvalue weighted by atomic mass is 9.74. The third-order valence-corrected chi connectivity index (χ3v) is 5.87. The Kier molecular flexibility index (Phi) is 6.48. The molecule has 8 heteroatoms. The summed E-state index contributed by atoms with van der Waals surface area (Å²) in [4.78, 5) is 14.7. The number of hydrogen-bond acceptors (Lipinski definition) is 3. The van der Waals surface area contributed by atoms with Crippen LogP contribution in [0.4, 0.5) is 17.6 Å². The number of benzene rings is 2. The number of amides is 1. The molecule has 2 aromatic carbocycles. The Labute approximate surface area is 178 Å². The second kappa shape index (κ2) is 8.77. The minimum atomic E-state index is -4.51. The highest BCUT2D eigenvalue weighted by Gasteiger charge is 2.39. The molecular weight excluding hydrogens is 414 g/mol. The molecule has 1 heterocycles. The lowest BCUT2D eigenvalue weighted by Crippen LogP contribution is -2.43. The number of hydrogen-bond donors (Lipinski definition) is 0. The monoisotopic (exact) mass is 439 g/mol. The number of halogens is 4. The molecule has 1 aliphatic heterocycles. The SMILES string of the molecule is COc1cc(C(=O)N2CCC(C)(c3ccc(F)cc3)CC2)ccc1OC(C)C(F)(F)F. The molecule has 0 saturated carbocycles. The van der Waals surface area contributed by atoms with Crippen molar-refractivity contribution in [3.05, 3.63) is 59.4 Å². The maximum absolute atomic E-state index is 13.2. The van der Waals surface area contributed by atoms with Gasteiger partial charge in [-0.1, -0.05) is 19.1 Å². The summed E-state index contributed by atoms with van der Waals surface area (Å²) in [5, 5.41) is 0. The van der Waals surface area contributed by atoms with Crippen molar-refractivity contribution in [3.8, 4) is 11.5 Å². The molecule has 0 radical (unpaired) electrons. The standard InChI is InChI=1S/C23H25F4NO3/c1-15(23(25,26)27)31-19-9-4-16(14-20(19)30-3)21(29)28-12-10-22(2,11-13-28)17-5-7-18(24)8-6-17/h4-9,14-15H,10-13H2,1-3H3. The summed E-state index contributed by atoms with van der Waals surface area (Å²) >= 11 is 0. The first-order valence-electron chi connectivity index (χ1n) is 10.0. The third kappa shape index (κ3) is 5.11. The summed E-state index contributed by atoms with van der Waals surface area (Å²) in [6.45, 7) is 4.03. The van der Waals surface area contributed by atoms with Crippen LogP contribution in [0.2, 0.25) is 0 Å².